The first-order valence-electron chi connectivity index (χ1n) is 9.13. The quantitative estimate of drug-likeness (QED) is 0.445. The second-order valence-corrected chi connectivity index (χ2v) is 6.79. The van der Waals surface area contributed by atoms with Crippen molar-refractivity contribution in [2.45, 2.75) is 6.92 Å². The van der Waals surface area contributed by atoms with Gasteiger partial charge in [-0.15, -0.1) is 0 Å². The summed E-state index contributed by atoms with van der Waals surface area (Å²) in [7, 11) is 1.56. The summed E-state index contributed by atoms with van der Waals surface area (Å²) in [5.74, 6) is 0.0298. The molecule has 0 radical (unpaired) electrons. The maximum Gasteiger partial charge on any atom is 0.271 e. The molecular weight excluding hydrogens is 402 g/mol. The number of halogens is 1. The van der Waals surface area contributed by atoms with Crippen LogP contribution in [0.5, 0.6) is 5.75 Å². The third kappa shape index (κ3) is 5.24. The van der Waals surface area contributed by atoms with Crippen molar-refractivity contribution in [2.24, 2.45) is 5.10 Å². The first-order valence-corrected chi connectivity index (χ1v) is 9.50. The van der Waals surface area contributed by atoms with Gasteiger partial charge in [0.2, 0.25) is 0 Å². The standard InChI is InChI=1S/C23H20ClN3O3/c1-15(26-27-22(28)16-10-12-19(30-2)13-11-16)17-6-5-7-18(14-17)25-23(29)20-8-3-4-9-21(20)24/h3-14H,1-2H3,(H,25,29)(H,27,28)/b26-15+. The number of hydrazone groups is 1. The van der Waals surface area contributed by atoms with E-state index in [0.717, 1.165) is 5.56 Å². The highest BCUT2D eigenvalue weighted by Gasteiger charge is 2.11. The van der Waals surface area contributed by atoms with Crippen molar-refractivity contribution in [1.82, 2.24) is 5.43 Å². The van der Waals surface area contributed by atoms with E-state index in [4.69, 9.17) is 16.3 Å². The Bertz CT molecular complexity index is 1090. The average molecular weight is 422 g/mol. The zero-order chi connectivity index (χ0) is 21.5. The Hall–Kier alpha value is -3.64. The van der Waals surface area contributed by atoms with Gasteiger partial charge in [0.15, 0.2) is 0 Å². The molecule has 30 heavy (non-hydrogen) atoms. The smallest absolute Gasteiger partial charge is 0.271 e. The van der Waals surface area contributed by atoms with Crippen LogP contribution in [-0.2, 0) is 0 Å². The number of anilines is 1. The summed E-state index contributed by atoms with van der Waals surface area (Å²) < 4.78 is 5.08. The van der Waals surface area contributed by atoms with Crippen molar-refractivity contribution < 1.29 is 14.3 Å². The Kier molecular flexibility index (Phi) is 6.83. The highest BCUT2D eigenvalue weighted by Crippen LogP contribution is 2.18. The molecule has 0 spiro atoms. The summed E-state index contributed by atoms with van der Waals surface area (Å²) in [6.07, 6.45) is 0. The molecule has 6 nitrogen and oxygen atoms in total. The van der Waals surface area contributed by atoms with E-state index in [1.807, 2.05) is 6.07 Å². The van der Waals surface area contributed by atoms with E-state index in [0.29, 0.717) is 33.3 Å². The predicted molar refractivity (Wildman–Crippen MR) is 119 cm³/mol. The summed E-state index contributed by atoms with van der Waals surface area (Å²) in [6, 6.07) is 20.7. The highest BCUT2D eigenvalue weighted by molar-refractivity contribution is 6.34. The Labute approximate surface area is 179 Å². The van der Waals surface area contributed by atoms with Crippen LogP contribution in [0.25, 0.3) is 0 Å². The van der Waals surface area contributed by atoms with E-state index in [1.54, 1.807) is 80.8 Å². The molecule has 7 heteroatoms. The molecule has 0 aliphatic carbocycles. The molecule has 0 saturated carbocycles. The SMILES string of the molecule is COc1ccc(C(=O)N/N=C(\C)c2cccc(NC(=O)c3ccccc3Cl)c2)cc1. The van der Waals surface area contributed by atoms with Crippen molar-refractivity contribution in [3.05, 3.63) is 94.5 Å². The van der Waals surface area contributed by atoms with Crippen LogP contribution in [0.1, 0.15) is 33.2 Å². The Morgan fingerprint density at radius 3 is 2.33 bits per heavy atom. The maximum atomic E-state index is 12.4. The third-order valence-electron chi connectivity index (χ3n) is 4.33. The fraction of sp³-hybridized carbons (Fsp3) is 0.0870. The van der Waals surface area contributed by atoms with Gasteiger partial charge in [0.05, 0.1) is 23.4 Å². The molecule has 0 aliphatic rings. The van der Waals surface area contributed by atoms with Crippen LogP contribution in [-0.4, -0.2) is 24.6 Å². The van der Waals surface area contributed by atoms with Crippen LogP contribution in [0.4, 0.5) is 5.69 Å². The minimum atomic E-state index is -0.333. The lowest BCUT2D eigenvalue weighted by molar-refractivity contribution is 0.0954. The molecule has 3 aromatic carbocycles. The lowest BCUT2D eigenvalue weighted by atomic mass is 10.1. The normalized spacial score (nSPS) is 11.0. The monoisotopic (exact) mass is 421 g/mol. The fourth-order valence-electron chi connectivity index (χ4n) is 2.67. The number of hydrogen-bond acceptors (Lipinski definition) is 4. The van der Waals surface area contributed by atoms with Crippen molar-refractivity contribution in [1.29, 1.82) is 0 Å². The minimum absolute atomic E-state index is 0.305. The number of nitrogens with one attached hydrogen (secondary N) is 2. The third-order valence-corrected chi connectivity index (χ3v) is 4.66. The molecule has 0 saturated heterocycles. The van der Waals surface area contributed by atoms with E-state index in [2.05, 4.69) is 15.8 Å². The Morgan fingerprint density at radius 2 is 1.63 bits per heavy atom. The van der Waals surface area contributed by atoms with Gasteiger partial charge in [0.1, 0.15) is 5.75 Å². The Morgan fingerprint density at radius 1 is 0.900 bits per heavy atom. The molecule has 0 aromatic heterocycles. The van der Waals surface area contributed by atoms with E-state index in [-0.39, 0.29) is 11.8 Å². The molecule has 0 fully saturated rings. The van der Waals surface area contributed by atoms with Gasteiger partial charge in [-0.05, 0) is 61.0 Å². The van der Waals surface area contributed by atoms with E-state index in [1.165, 1.54) is 0 Å². The second-order valence-electron chi connectivity index (χ2n) is 6.38. The molecule has 3 aromatic rings. The van der Waals surface area contributed by atoms with Crippen molar-refractivity contribution in [2.75, 3.05) is 12.4 Å². The van der Waals surface area contributed by atoms with Gasteiger partial charge in [-0.1, -0.05) is 35.9 Å². The highest BCUT2D eigenvalue weighted by atomic mass is 35.5. The van der Waals surface area contributed by atoms with Gasteiger partial charge in [-0.2, -0.15) is 5.10 Å². The summed E-state index contributed by atoms with van der Waals surface area (Å²) >= 11 is 6.08. The lowest BCUT2D eigenvalue weighted by Crippen LogP contribution is -2.19. The number of rotatable bonds is 6. The van der Waals surface area contributed by atoms with Crippen LogP contribution < -0.4 is 15.5 Å². The van der Waals surface area contributed by atoms with E-state index in [9.17, 15) is 9.59 Å². The first-order chi connectivity index (χ1) is 14.5. The van der Waals surface area contributed by atoms with Crippen molar-refractivity contribution in [3.63, 3.8) is 0 Å². The lowest BCUT2D eigenvalue weighted by Gasteiger charge is -2.09. The van der Waals surface area contributed by atoms with Crippen LogP contribution in [0.15, 0.2) is 77.9 Å². The van der Waals surface area contributed by atoms with Crippen LogP contribution >= 0.6 is 11.6 Å². The topological polar surface area (TPSA) is 79.8 Å². The summed E-state index contributed by atoms with van der Waals surface area (Å²) in [4.78, 5) is 24.7. The summed E-state index contributed by atoms with van der Waals surface area (Å²) in [5.41, 5.74) is 5.32. The van der Waals surface area contributed by atoms with Gasteiger partial charge in [0, 0.05) is 11.3 Å². The fourth-order valence-corrected chi connectivity index (χ4v) is 2.89. The predicted octanol–water partition coefficient (Wildman–Crippen LogP) is 4.75. The molecule has 152 valence electrons. The molecular formula is C23H20ClN3O3. The number of carbonyl (C=O) groups is 2. The molecule has 0 heterocycles. The van der Waals surface area contributed by atoms with Gasteiger partial charge < -0.3 is 10.1 Å². The zero-order valence-electron chi connectivity index (χ0n) is 16.5. The number of methoxy groups -OCH3 is 1. The van der Waals surface area contributed by atoms with Gasteiger partial charge in [-0.3, -0.25) is 9.59 Å². The first kappa shape index (κ1) is 21.1. The van der Waals surface area contributed by atoms with Crippen LogP contribution in [0.2, 0.25) is 5.02 Å². The van der Waals surface area contributed by atoms with Gasteiger partial charge in [0.25, 0.3) is 11.8 Å². The molecule has 0 bridgehead atoms. The minimum Gasteiger partial charge on any atom is -0.497 e. The van der Waals surface area contributed by atoms with E-state index >= 15 is 0 Å². The average Bonchev–Trinajstić information content (AvgIpc) is 2.77. The number of ether oxygens (including phenoxy) is 1. The van der Waals surface area contributed by atoms with Gasteiger partial charge in [-0.25, -0.2) is 5.43 Å². The van der Waals surface area contributed by atoms with Crippen molar-refractivity contribution >= 4 is 34.8 Å². The Balaban J connectivity index is 1.69. The van der Waals surface area contributed by atoms with Crippen molar-refractivity contribution in [3.8, 4) is 5.75 Å². The molecule has 2 N–H and O–H groups in total. The molecule has 3 rings (SSSR count). The summed E-state index contributed by atoms with van der Waals surface area (Å²) in [5, 5.41) is 7.36. The maximum absolute atomic E-state index is 12.4. The largest absolute Gasteiger partial charge is 0.497 e. The molecule has 0 unspecified atom stereocenters. The molecule has 0 atom stereocenters. The number of benzene rings is 3. The molecule has 2 amide bonds. The number of hydrogen-bond donors (Lipinski definition) is 2. The number of amides is 2. The van der Waals surface area contributed by atoms with E-state index < -0.39 is 0 Å². The van der Waals surface area contributed by atoms with Crippen LogP contribution in [0.3, 0.4) is 0 Å². The zero-order valence-corrected chi connectivity index (χ0v) is 17.2. The van der Waals surface area contributed by atoms with Gasteiger partial charge >= 0.3 is 0 Å². The summed E-state index contributed by atoms with van der Waals surface area (Å²) in [6.45, 7) is 1.77. The van der Waals surface area contributed by atoms with Crippen LogP contribution in [0, 0.1) is 0 Å². The second kappa shape index (κ2) is 9.71. The molecule has 0 aliphatic heterocycles. The number of nitrogens with zero attached hydrogens (tertiary/aromatic N) is 1. The number of carbonyl (C=O) groups excluding carboxylic acids is 2.